The summed E-state index contributed by atoms with van der Waals surface area (Å²) in [6.45, 7) is -1.61. The molecule has 0 radical (unpaired) electrons. The average Bonchev–Trinajstić information content (AvgIpc) is 2.72. The number of benzene rings is 1. The molecular formula is C10H7F3N2O2S. The minimum absolute atomic E-state index is 0.360. The number of carbonyl (C=O) groups excluding carboxylic acids is 1. The van der Waals surface area contributed by atoms with Crippen LogP contribution in [0, 0.1) is 0 Å². The summed E-state index contributed by atoms with van der Waals surface area (Å²) < 4.78 is 40.3. The van der Waals surface area contributed by atoms with E-state index in [2.05, 4.69) is 15.0 Å². The Labute approximate surface area is 103 Å². The minimum atomic E-state index is -4.53. The molecule has 1 amide bonds. The zero-order valence-corrected chi connectivity index (χ0v) is 9.64. The Bertz CT molecular complexity index is 567. The fraction of sp³-hybridized carbons (Fsp3) is 0.200. The first-order valence-electron chi connectivity index (χ1n) is 4.78. The lowest BCUT2D eigenvalue weighted by Crippen LogP contribution is -2.23. The van der Waals surface area contributed by atoms with Crippen LogP contribution in [0.25, 0.3) is 10.2 Å². The molecule has 0 fully saturated rings. The SMILES string of the molecule is O=C(Nc1ccc2ncsc2c1)OCC(F)(F)F. The van der Waals surface area contributed by atoms with Gasteiger partial charge in [0, 0.05) is 5.69 Å². The molecule has 4 nitrogen and oxygen atoms in total. The summed E-state index contributed by atoms with van der Waals surface area (Å²) in [7, 11) is 0. The summed E-state index contributed by atoms with van der Waals surface area (Å²) >= 11 is 1.36. The molecule has 1 aromatic heterocycles. The number of hydrogen-bond donors (Lipinski definition) is 1. The van der Waals surface area contributed by atoms with Gasteiger partial charge in [0.2, 0.25) is 0 Å². The van der Waals surface area contributed by atoms with E-state index in [-0.39, 0.29) is 0 Å². The molecule has 0 atom stereocenters. The van der Waals surface area contributed by atoms with E-state index in [1.54, 1.807) is 17.6 Å². The summed E-state index contributed by atoms with van der Waals surface area (Å²) in [6, 6.07) is 4.81. The molecule has 2 rings (SSSR count). The first kappa shape index (κ1) is 12.6. The molecule has 0 aliphatic heterocycles. The Hall–Kier alpha value is -1.83. The molecule has 1 N–H and O–H groups in total. The first-order chi connectivity index (χ1) is 8.44. The summed E-state index contributed by atoms with van der Waals surface area (Å²) in [5, 5.41) is 2.21. The van der Waals surface area contributed by atoms with Crippen LogP contribution in [0.1, 0.15) is 0 Å². The van der Waals surface area contributed by atoms with Crippen LogP contribution in [-0.4, -0.2) is 23.9 Å². The van der Waals surface area contributed by atoms with Crippen LogP contribution >= 0.6 is 11.3 Å². The third-order valence-electron chi connectivity index (χ3n) is 1.94. The Morgan fingerprint density at radius 1 is 1.44 bits per heavy atom. The Morgan fingerprint density at radius 2 is 2.22 bits per heavy atom. The maximum absolute atomic E-state index is 11.8. The van der Waals surface area contributed by atoms with E-state index in [0.29, 0.717) is 5.69 Å². The molecule has 0 saturated heterocycles. The molecule has 1 heterocycles. The van der Waals surface area contributed by atoms with Crippen LogP contribution in [0.4, 0.5) is 23.7 Å². The number of ether oxygens (including phenoxy) is 1. The summed E-state index contributed by atoms with van der Waals surface area (Å²) in [6.07, 6.45) is -5.67. The van der Waals surface area contributed by atoms with Crippen molar-refractivity contribution >= 4 is 33.3 Å². The summed E-state index contributed by atoms with van der Waals surface area (Å²) in [5.41, 5.74) is 2.75. The van der Waals surface area contributed by atoms with Crippen molar-refractivity contribution in [3.05, 3.63) is 23.7 Å². The van der Waals surface area contributed by atoms with Crippen molar-refractivity contribution in [2.24, 2.45) is 0 Å². The number of carbonyl (C=O) groups is 1. The highest BCUT2D eigenvalue weighted by atomic mass is 32.1. The van der Waals surface area contributed by atoms with Crippen molar-refractivity contribution < 1.29 is 22.7 Å². The van der Waals surface area contributed by atoms with Gasteiger partial charge in [0.15, 0.2) is 6.61 Å². The number of hydrogen-bond acceptors (Lipinski definition) is 4. The van der Waals surface area contributed by atoms with Crippen LogP contribution in [0.2, 0.25) is 0 Å². The van der Waals surface area contributed by atoms with Crippen LogP contribution < -0.4 is 5.32 Å². The highest BCUT2D eigenvalue weighted by Gasteiger charge is 2.29. The number of rotatable bonds is 2. The largest absolute Gasteiger partial charge is 0.440 e. The van der Waals surface area contributed by atoms with E-state index in [9.17, 15) is 18.0 Å². The van der Waals surface area contributed by atoms with Gasteiger partial charge in [-0.05, 0) is 18.2 Å². The van der Waals surface area contributed by atoms with Crippen LogP contribution in [-0.2, 0) is 4.74 Å². The predicted octanol–water partition coefficient (Wildman–Crippen LogP) is 3.41. The molecule has 0 aliphatic carbocycles. The van der Waals surface area contributed by atoms with Gasteiger partial charge in [-0.3, -0.25) is 5.32 Å². The third-order valence-corrected chi connectivity index (χ3v) is 2.74. The molecule has 0 aliphatic rings. The number of halogens is 3. The number of amides is 1. The van der Waals surface area contributed by atoms with Gasteiger partial charge in [-0.2, -0.15) is 13.2 Å². The Morgan fingerprint density at radius 3 is 2.94 bits per heavy atom. The Kier molecular flexibility index (Phi) is 3.37. The average molecular weight is 276 g/mol. The van der Waals surface area contributed by atoms with Crippen molar-refractivity contribution in [2.75, 3.05) is 11.9 Å². The van der Waals surface area contributed by atoms with Crippen LogP contribution in [0.15, 0.2) is 23.7 Å². The van der Waals surface area contributed by atoms with Crippen molar-refractivity contribution in [1.82, 2.24) is 4.98 Å². The van der Waals surface area contributed by atoms with Crippen LogP contribution in [0.5, 0.6) is 0 Å². The van der Waals surface area contributed by atoms with Gasteiger partial charge in [-0.25, -0.2) is 9.78 Å². The number of thiazole rings is 1. The fourth-order valence-corrected chi connectivity index (χ4v) is 1.95. The molecule has 8 heteroatoms. The summed E-state index contributed by atoms with van der Waals surface area (Å²) in [5.74, 6) is 0. The number of aromatic nitrogens is 1. The molecule has 18 heavy (non-hydrogen) atoms. The maximum Gasteiger partial charge on any atom is 0.422 e. The lowest BCUT2D eigenvalue weighted by molar-refractivity contribution is -0.159. The van der Waals surface area contributed by atoms with Gasteiger partial charge in [0.05, 0.1) is 15.7 Å². The van der Waals surface area contributed by atoms with Gasteiger partial charge >= 0.3 is 12.3 Å². The molecule has 0 spiro atoms. The predicted molar refractivity (Wildman–Crippen MR) is 60.6 cm³/mol. The van der Waals surface area contributed by atoms with E-state index in [1.165, 1.54) is 17.4 Å². The van der Waals surface area contributed by atoms with Crippen molar-refractivity contribution in [3.8, 4) is 0 Å². The highest BCUT2D eigenvalue weighted by Crippen LogP contribution is 2.22. The fourth-order valence-electron chi connectivity index (χ4n) is 1.23. The second-order valence-corrected chi connectivity index (χ2v) is 4.24. The first-order valence-corrected chi connectivity index (χ1v) is 5.66. The molecule has 1 aromatic carbocycles. The van der Waals surface area contributed by atoms with Gasteiger partial charge in [0.1, 0.15) is 0 Å². The van der Waals surface area contributed by atoms with Crippen molar-refractivity contribution in [3.63, 3.8) is 0 Å². The molecule has 0 saturated carbocycles. The normalized spacial score (nSPS) is 11.5. The van der Waals surface area contributed by atoms with E-state index in [4.69, 9.17) is 0 Å². The minimum Gasteiger partial charge on any atom is -0.440 e. The van der Waals surface area contributed by atoms with Gasteiger partial charge in [-0.15, -0.1) is 11.3 Å². The van der Waals surface area contributed by atoms with Gasteiger partial charge in [0.25, 0.3) is 0 Å². The zero-order chi connectivity index (χ0) is 13.2. The number of anilines is 1. The standard InChI is InChI=1S/C10H7F3N2O2S/c11-10(12,13)4-17-9(16)15-6-1-2-7-8(3-6)18-5-14-7/h1-3,5H,4H2,(H,15,16). The third kappa shape index (κ3) is 3.33. The van der Waals surface area contributed by atoms with Crippen LogP contribution in [0.3, 0.4) is 0 Å². The molecular weight excluding hydrogens is 269 g/mol. The number of nitrogens with one attached hydrogen (secondary N) is 1. The van der Waals surface area contributed by atoms with E-state index in [1.807, 2.05) is 0 Å². The van der Waals surface area contributed by atoms with Crippen molar-refractivity contribution in [2.45, 2.75) is 6.18 Å². The van der Waals surface area contributed by atoms with E-state index >= 15 is 0 Å². The lowest BCUT2D eigenvalue weighted by atomic mass is 10.3. The zero-order valence-electron chi connectivity index (χ0n) is 8.82. The van der Waals surface area contributed by atoms with Gasteiger partial charge in [-0.1, -0.05) is 0 Å². The Balaban J connectivity index is 1.98. The second-order valence-electron chi connectivity index (χ2n) is 3.35. The second kappa shape index (κ2) is 4.81. The molecule has 0 unspecified atom stereocenters. The molecule has 2 aromatic rings. The van der Waals surface area contributed by atoms with Gasteiger partial charge < -0.3 is 4.74 Å². The number of fused-ring (bicyclic) bond motifs is 1. The van der Waals surface area contributed by atoms with E-state index in [0.717, 1.165) is 10.2 Å². The lowest BCUT2D eigenvalue weighted by Gasteiger charge is -2.08. The monoisotopic (exact) mass is 276 g/mol. The number of alkyl halides is 3. The van der Waals surface area contributed by atoms with E-state index < -0.39 is 18.9 Å². The topological polar surface area (TPSA) is 51.2 Å². The smallest absolute Gasteiger partial charge is 0.422 e. The van der Waals surface area contributed by atoms with Crippen molar-refractivity contribution in [1.29, 1.82) is 0 Å². The maximum atomic E-state index is 11.8. The molecule has 0 bridgehead atoms. The quantitative estimate of drug-likeness (QED) is 0.914. The molecule has 96 valence electrons. The summed E-state index contributed by atoms with van der Waals surface area (Å²) in [4.78, 5) is 15.1. The number of nitrogens with zero attached hydrogens (tertiary/aromatic N) is 1. The highest BCUT2D eigenvalue weighted by molar-refractivity contribution is 7.16.